The number of amides is 1. The van der Waals surface area contributed by atoms with Gasteiger partial charge in [0.05, 0.1) is 5.69 Å². The van der Waals surface area contributed by atoms with E-state index in [9.17, 15) is 9.18 Å². The number of carbonyl (C=O) groups excluding carboxylic acids is 1. The lowest BCUT2D eigenvalue weighted by atomic mass is 10.1. The molecule has 0 fully saturated rings. The van der Waals surface area contributed by atoms with E-state index in [2.05, 4.69) is 5.32 Å². The van der Waals surface area contributed by atoms with Gasteiger partial charge < -0.3 is 14.5 Å². The van der Waals surface area contributed by atoms with Gasteiger partial charge in [-0.15, -0.1) is 0 Å². The molecule has 0 aliphatic rings. The summed E-state index contributed by atoms with van der Waals surface area (Å²) < 4.78 is 25.2. The summed E-state index contributed by atoms with van der Waals surface area (Å²) in [4.78, 5) is 12.3. The number of hydrogen-bond acceptors (Lipinski definition) is 3. The fourth-order valence-electron chi connectivity index (χ4n) is 2.89. The van der Waals surface area contributed by atoms with Crippen LogP contribution in [0, 0.1) is 12.7 Å². The molecule has 140 valence electrons. The van der Waals surface area contributed by atoms with Gasteiger partial charge in [0.1, 0.15) is 23.9 Å². The predicted molar refractivity (Wildman–Crippen MR) is 106 cm³/mol. The van der Waals surface area contributed by atoms with E-state index < -0.39 is 11.7 Å². The van der Waals surface area contributed by atoms with Crippen LogP contribution >= 0.6 is 0 Å². The number of rotatable bonds is 5. The van der Waals surface area contributed by atoms with Crippen LogP contribution in [0.25, 0.3) is 10.8 Å². The minimum absolute atomic E-state index is 0.0945. The van der Waals surface area contributed by atoms with Gasteiger partial charge in [-0.3, -0.25) is 4.79 Å². The Morgan fingerprint density at radius 2 is 1.82 bits per heavy atom. The first-order chi connectivity index (χ1) is 13.6. The maximum atomic E-state index is 13.9. The average molecular weight is 375 g/mol. The van der Waals surface area contributed by atoms with Crippen LogP contribution in [-0.4, -0.2) is 5.91 Å². The molecule has 0 unspecified atom stereocenters. The molecule has 4 aromatic rings. The van der Waals surface area contributed by atoms with Crippen LogP contribution in [0.4, 0.5) is 10.1 Å². The Kier molecular flexibility index (Phi) is 4.81. The predicted octanol–water partition coefficient (Wildman–Crippen LogP) is 5.71. The van der Waals surface area contributed by atoms with Gasteiger partial charge in [-0.2, -0.15) is 0 Å². The molecule has 4 rings (SSSR count). The monoisotopic (exact) mass is 375 g/mol. The molecule has 0 saturated carbocycles. The lowest BCUT2D eigenvalue weighted by Gasteiger charge is -2.06. The number of carbonyl (C=O) groups is 1. The van der Waals surface area contributed by atoms with E-state index in [-0.39, 0.29) is 18.1 Å². The van der Waals surface area contributed by atoms with Crippen LogP contribution in [-0.2, 0) is 6.61 Å². The molecular formula is C23H18FNO3. The third-order valence-electron chi connectivity index (χ3n) is 4.36. The molecule has 1 amide bonds. The summed E-state index contributed by atoms with van der Waals surface area (Å²) in [5.74, 6) is 0.307. The standard InChI is InChI=1S/C23H18FNO3/c1-15-6-10-21(20(24)12-15)25-23(26)22-11-9-19(28-22)14-27-18-8-7-16-4-2-3-5-17(16)13-18/h2-13H,14H2,1H3,(H,25,26). The molecule has 0 spiro atoms. The molecule has 0 aliphatic carbocycles. The van der Waals surface area contributed by atoms with E-state index in [0.717, 1.165) is 16.3 Å². The maximum absolute atomic E-state index is 13.9. The van der Waals surface area contributed by atoms with E-state index in [1.54, 1.807) is 25.1 Å². The molecule has 0 bridgehead atoms. The zero-order chi connectivity index (χ0) is 19.5. The Morgan fingerprint density at radius 1 is 1.00 bits per heavy atom. The number of ether oxygens (including phenoxy) is 1. The molecule has 3 aromatic carbocycles. The van der Waals surface area contributed by atoms with Crippen molar-refractivity contribution in [2.24, 2.45) is 0 Å². The van der Waals surface area contributed by atoms with Crippen molar-refractivity contribution in [3.05, 3.63) is 95.7 Å². The summed E-state index contributed by atoms with van der Waals surface area (Å²) >= 11 is 0. The topological polar surface area (TPSA) is 51.5 Å². The zero-order valence-corrected chi connectivity index (χ0v) is 15.2. The second-order valence-corrected chi connectivity index (χ2v) is 6.50. The Balaban J connectivity index is 1.41. The number of halogens is 1. The van der Waals surface area contributed by atoms with Gasteiger partial charge in [0.2, 0.25) is 0 Å². The SMILES string of the molecule is Cc1ccc(NC(=O)c2ccc(COc3ccc4ccccc4c3)o2)c(F)c1. The first-order valence-corrected chi connectivity index (χ1v) is 8.86. The molecule has 0 atom stereocenters. The summed E-state index contributed by atoms with van der Waals surface area (Å²) in [5.41, 5.74) is 0.891. The zero-order valence-electron chi connectivity index (χ0n) is 15.2. The number of furan rings is 1. The Morgan fingerprint density at radius 3 is 2.64 bits per heavy atom. The molecule has 28 heavy (non-hydrogen) atoms. The Hall–Kier alpha value is -3.60. The summed E-state index contributed by atoms with van der Waals surface area (Å²) in [7, 11) is 0. The lowest BCUT2D eigenvalue weighted by Crippen LogP contribution is -2.12. The Bertz CT molecular complexity index is 1150. The largest absolute Gasteiger partial charge is 0.486 e. The van der Waals surface area contributed by atoms with E-state index >= 15 is 0 Å². The Labute approximate surface area is 161 Å². The number of benzene rings is 3. The molecule has 1 N–H and O–H groups in total. The highest BCUT2D eigenvalue weighted by molar-refractivity contribution is 6.02. The molecule has 0 aliphatic heterocycles. The number of nitrogens with one attached hydrogen (secondary N) is 1. The minimum Gasteiger partial charge on any atom is -0.486 e. The van der Waals surface area contributed by atoms with Crippen molar-refractivity contribution in [2.45, 2.75) is 13.5 Å². The minimum atomic E-state index is -0.514. The smallest absolute Gasteiger partial charge is 0.291 e. The number of anilines is 1. The van der Waals surface area contributed by atoms with Crippen molar-refractivity contribution in [2.75, 3.05) is 5.32 Å². The summed E-state index contributed by atoms with van der Waals surface area (Å²) in [6.45, 7) is 1.97. The summed E-state index contributed by atoms with van der Waals surface area (Å²) in [6.07, 6.45) is 0. The van der Waals surface area contributed by atoms with Gasteiger partial charge in [0.25, 0.3) is 5.91 Å². The summed E-state index contributed by atoms with van der Waals surface area (Å²) in [5, 5.41) is 4.73. The van der Waals surface area contributed by atoms with Crippen LogP contribution in [0.2, 0.25) is 0 Å². The molecule has 4 nitrogen and oxygen atoms in total. The number of aryl methyl sites for hydroxylation is 1. The third kappa shape index (κ3) is 3.88. The van der Waals surface area contributed by atoms with Gasteiger partial charge in [-0.1, -0.05) is 36.4 Å². The maximum Gasteiger partial charge on any atom is 0.291 e. The van der Waals surface area contributed by atoms with Crippen LogP contribution < -0.4 is 10.1 Å². The van der Waals surface area contributed by atoms with E-state index in [0.29, 0.717) is 11.5 Å². The van der Waals surface area contributed by atoms with Crippen molar-refractivity contribution < 1.29 is 18.3 Å². The van der Waals surface area contributed by atoms with Crippen molar-refractivity contribution in [1.29, 1.82) is 0 Å². The summed E-state index contributed by atoms with van der Waals surface area (Å²) in [6, 6.07) is 21.7. The fraction of sp³-hybridized carbons (Fsp3) is 0.0870. The first kappa shape index (κ1) is 17.8. The highest BCUT2D eigenvalue weighted by Crippen LogP contribution is 2.22. The van der Waals surface area contributed by atoms with Gasteiger partial charge in [-0.05, 0) is 59.7 Å². The number of fused-ring (bicyclic) bond motifs is 1. The average Bonchev–Trinajstić information content (AvgIpc) is 3.17. The third-order valence-corrected chi connectivity index (χ3v) is 4.36. The van der Waals surface area contributed by atoms with Gasteiger partial charge >= 0.3 is 0 Å². The van der Waals surface area contributed by atoms with Crippen molar-refractivity contribution in [1.82, 2.24) is 0 Å². The van der Waals surface area contributed by atoms with Crippen LogP contribution in [0.1, 0.15) is 21.9 Å². The quantitative estimate of drug-likeness (QED) is 0.486. The van der Waals surface area contributed by atoms with E-state index in [1.807, 2.05) is 42.5 Å². The second kappa shape index (κ2) is 7.56. The van der Waals surface area contributed by atoms with Crippen molar-refractivity contribution in [3.8, 4) is 5.75 Å². The van der Waals surface area contributed by atoms with Crippen LogP contribution in [0.3, 0.4) is 0 Å². The van der Waals surface area contributed by atoms with Crippen LogP contribution in [0.5, 0.6) is 5.75 Å². The van der Waals surface area contributed by atoms with Gasteiger partial charge in [0.15, 0.2) is 5.76 Å². The van der Waals surface area contributed by atoms with E-state index in [1.165, 1.54) is 12.1 Å². The molecule has 0 saturated heterocycles. The van der Waals surface area contributed by atoms with E-state index in [4.69, 9.17) is 9.15 Å². The lowest BCUT2D eigenvalue weighted by molar-refractivity contribution is 0.0992. The van der Waals surface area contributed by atoms with Gasteiger partial charge in [0, 0.05) is 0 Å². The molecule has 5 heteroatoms. The molecule has 1 heterocycles. The first-order valence-electron chi connectivity index (χ1n) is 8.86. The molecule has 0 radical (unpaired) electrons. The number of hydrogen-bond donors (Lipinski definition) is 1. The van der Waals surface area contributed by atoms with Crippen LogP contribution in [0.15, 0.2) is 77.2 Å². The van der Waals surface area contributed by atoms with Crippen molar-refractivity contribution in [3.63, 3.8) is 0 Å². The van der Waals surface area contributed by atoms with Crippen molar-refractivity contribution >= 4 is 22.4 Å². The second-order valence-electron chi connectivity index (χ2n) is 6.50. The fourth-order valence-corrected chi connectivity index (χ4v) is 2.89. The normalized spacial score (nSPS) is 10.8. The highest BCUT2D eigenvalue weighted by atomic mass is 19.1. The van der Waals surface area contributed by atoms with Gasteiger partial charge in [-0.25, -0.2) is 4.39 Å². The highest BCUT2D eigenvalue weighted by Gasteiger charge is 2.14. The molecular weight excluding hydrogens is 357 g/mol. The molecule has 1 aromatic heterocycles.